The van der Waals surface area contributed by atoms with Gasteiger partial charge in [-0.25, -0.2) is 0 Å². The summed E-state index contributed by atoms with van der Waals surface area (Å²) in [7, 11) is 1.71. The molecule has 0 spiro atoms. The summed E-state index contributed by atoms with van der Waals surface area (Å²) in [6.45, 7) is 0.227. The Morgan fingerprint density at radius 1 is 1.14 bits per heavy atom. The van der Waals surface area contributed by atoms with Gasteiger partial charge in [0.1, 0.15) is 5.75 Å². The summed E-state index contributed by atoms with van der Waals surface area (Å²) in [5, 5.41) is 11.4. The van der Waals surface area contributed by atoms with Crippen LogP contribution < -0.4 is 11.3 Å². The van der Waals surface area contributed by atoms with Crippen LogP contribution in [0.4, 0.5) is 0 Å². The molecule has 0 fully saturated rings. The number of nitrogens with zero attached hydrogens (tertiary/aromatic N) is 1. The third-order valence-corrected chi connectivity index (χ3v) is 4.06. The maximum absolute atomic E-state index is 12.5. The second-order valence-corrected chi connectivity index (χ2v) is 5.56. The van der Waals surface area contributed by atoms with E-state index in [0.717, 1.165) is 22.2 Å². The van der Waals surface area contributed by atoms with Gasteiger partial charge < -0.3 is 15.4 Å². The van der Waals surface area contributed by atoms with Gasteiger partial charge in [0.2, 0.25) is 0 Å². The molecule has 0 saturated heterocycles. The van der Waals surface area contributed by atoms with E-state index in [1.54, 1.807) is 54.1 Å². The molecular formula is C17H15ClN2O2. The van der Waals surface area contributed by atoms with Crippen molar-refractivity contribution in [2.45, 2.75) is 6.54 Å². The number of phenolic OH excluding ortho intramolecular Hbond substituents is 1. The highest BCUT2D eigenvalue weighted by atomic mass is 35.5. The number of aromatic nitrogens is 1. The minimum Gasteiger partial charge on any atom is -0.508 e. The highest BCUT2D eigenvalue weighted by molar-refractivity contribution is 6.31. The van der Waals surface area contributed by atoms with E-state index in [4.69, 9.17) is 17.3 Å². The number of nitrogens with two attached hydrogens (primary N) is 1. The number of aromatic hydroxyl groups is 1. The van der Waals surface area contributed by atoms with Crippen LogP contribution in [0.3, 0.4) is 0 Å². The SMILES string of the molecule is Cn1c(CN)c(-c2ccc(O)cc2)c2cc(Cl)ccc2c1=O. The van der Waals surface area contributed by atoms with Crippen LogP contribution in [-0.2, 0) is 13.6 Å². The Morgan fingerprint density at radius 3 is 2.45 bits per heavy atom. The Kier molecular flexibility index (Phi) is 3.64. The number of halogens is 1. The molecule has 0 aliphatic carbocycles. The number of hydrogen-bond donors (Lipinski definition) is 2. The van der Waals surface area contributed by atoms with Crippen molar-refractivity contribution in [1.29, 1.82) is 0 Å². The van der Waals surface area contributed by atoms with Gasteiger partial charge in [-0.05, 0) is 41.3 Å². The van der Waals surface area contributed by atoms with E-state index in [2.05, 4.69) is 0 Å². The second-order valence-electron chi connectivity index (χ2n) is 5.13. The maximum Gasteiger partial charge on any atom is 0.258 e. The topological polar surface area (TPSA) is 68.2 Å². The van der Waals surface area contributed by atoms with Gasteiger partial charge in [-0.1, -0.05) is 23.7 Å². The van der Waals surface area contributed by atoms with Crippen molar-refractivity contribution < 1.29 is 5.11 Å². The molecular weight excluding hydrogens is 300 g/mol. The van der Waals surface area contributed by atoms with Gasteiger partial charge in [-0.3, -0.25) is 4.79 Å². The molecule has 0 aliphatic heterocycles. The monoisotopic (exact) mass is 314 g/mol. The quantitative estimate of drug-likeness (QED) is 0.764. The van der Waals surface area contributed by atoms with E-state index in [1.807, 2.05) is 0 Å². The van der Waals surface area contributed by atoms with E-state index in [0.29, 0.717) is 10.4 Å². The minimum atomic E-state index is -0.102. The lowest BCUT2D eigenvalue weighted by Gasteiger charge is -2.16. The van der Waals surface area contributed by atoms with Gasteiger partial charge in [0.25, 0.3) is 5.56 Å². The Balaban J connectivity index is 2.50. The van der Waals surface area contributed by atoms with Crippen molar-refractivity contribution in [3.8, 4) is 16.9 Å². The van der Waals surface area contributed by atoms with Crippen molar-refractivity contribution >= 4 is 22.4 Å². The molecule has 3 N–H and O–H groups in total. The molecule has 2 aromatic carbocycles. The normalized spacial score (nSPS) is 11.0. The first kappa shape index (κ1) is 14.6. The summed E-state index contributed by atoms with van der Waals surface area (Å²) in [5.41, 5.74) is 8.24. The lowest BCUT2D eigenvalue weighted by atomic mass is 9.96. The molecule has 1 heterocycles. The van der Waals surface area contributed by atoms with Gasteiger partial charge in [0.05, 0.1) is 0 Å². The van der Waals surface area contributed by atoms with E-state index in [9.17, 15) is 9.90 Å². The van der Waals surface area contributed by atoms with Gasteiger partial charge >= 0.3 is 0 Å². The Morgan fingerprint density at radius 2 is 1.82 bits per heavy atom. The fourth-order valence-electron chi connectivity index (χ4n) is 2.73. The number of benzene rings is 2. The summed E-state index contributed by atoms with van der Waals surface area (Å²) >= 11 is 6.11. The van der Waals surface area contributed by atoms with Crippen molar-refractivity contribution in [3.63, 3.8) is 0 Å². The minimum absolute atomic E-state index is 0.102. The largest absolute Gasteiger partial charge is 0.508 e. The predicted octanol–water partition coefficient (Wildman–Crippen LogP) is 3.02. The van der Waals surface area contributed by atoms with E-state index >= 15 is 0 Å². The van der Waals surface area contributed by atoms with Gasteiger partial charge in [-0.2, -0.15) is 0 Å². The Hall–Kier alpha value is -2.30. The van der Waals surface area contributed by atoms with E-state index in [-0.39, 0.29) is 17.9 Å². The molecule has 1 aromatic heterocycles. The average Bonchev–Trinajstić information content (AvgIpc) is 2.51. The predicted molar refractivity (Wildman–Crippen MR) is 89.2 cm³/mol. The first-order chi connectivity index (χ1) is 10.5. The first-order valence-electron chi connectivity index (χ1n) is 6.83. The molecule has 3 aromatic rings. The average molecular weight is 315 g/mol. The van der Waals surface area contributed by atoms with Crippen molar-refractivity contribution in [1.82, 2.24) is 4.57 Å². The molecule has 112 valence electrons. The molecule has 22 heavy (non-hydrogen) atoms. The van der Waals surface area contributed by atoms with Crippen LogP contribution >= 0.6 is 11.6 Å². The third kappa shape index (κ3) is 2.26. The lowest BCUT2D eigenvalue weighted by Crippen LogP contribution is -2.23. The molecule has 0 bridgehead atoms. The molecule has 0 amide bonds. The molecule has 0 atom stereocenters. The van der Waals surface area contributed by atoms with Gasteiger partial charge in [0.15, 0.2) is 0 Å². The summed E-state index contributed by atoms with van der Waals surface area (Å²) in [6, 6.07) is 12.0. The van der Waals surface area contributed by atoms with Crippen LogP contribution in [0.2, 0.25) is 5.02 Å². The van der Waals surface area contributed by atoms with Crippen LogP contribution in [-0.4, -0.2) is 9.67 Å². The zero-order valence-corrected chi connectivity index (χ0v) is 12.8. The highest BCUT2D eigenvalue weighted by Gasteiger charge is 2.15. The Labute approximate surface area is 132 Å². The molecule has 3 rings (SSSR count). The van der Waals surface area contributed by atoms with E-state index in [1.165, 1.54) is 0 Å². The summed E-state index contributed by atoms with van der Waals surface area (Å²) in [6.07, 6.45) is 0. The molecule has 0 saturated carbocycles. The van der Waals surface area contributed by atoms with Crippen LogP contribution in [0.5, 0.6) is 5.75 Å². The second kappa shape index (κ2) is 5.48. The molecule has 0 radical (unpaired) electrons. The summed E-state index contributed by atoms with van der Waals surface area (Å²) < 4.78 is 1.57. The number of rotatable bonds is 2. The Bertz CT molecular complexity index is 915. The lowest BCUT2D eigenvalue weighted by molar-refractivity contribution is 0.475. The van der Waals surface area contributed by atoms with Gasteiger partial charge in [-0.15, -0.1) is 0 Å². The standard InChI is InChI=1S/C17H15ClN2O2/c1-20-15(9-19)16(10-2-5-12(21)6-3-10)14-8-11(18)4-7-13(14)17(20)22/h2-8,21H,9,19H2,1H3. The smallest absolute Gasteiger partial charge is 0.258 e. The number of phenols is 1. The number of hydrogen-bond acceptors (Lipinski definition) is 3. The fourth-order valence-corrected chi connectivity index (χ4v) is 2.90. The molecule has 4 nitrogen and oxygen atoms in total. The first-order valence-corrected chi connectivity index (χ1v) is 7.21. The highest BCUT2D eigenvalue weighted by Crippen LogP contribution is 2.32. The van der Waals surface area contributed by atoms with E-state index < -0.39 is 0 Å². The van der Waals surface area contributed by atoms with Crippen molar-refractivity contribution in [2.75, 3.05) is 0 Å². The zero-order chi connectivity index (χ0) is 15.9. The number of fused-ring (bicyclic) bond motifs is 1. The summed E-state index contributed by atoms with van der Waals surface area (Å²) in [5.74, 6) is 0.185. The fraction of sp³-hybridized carbons (Fsp3) is 0.118. The summed E-state index contributed by atoms with van der Waals surface area (Å²) in [4.78, 5) is 12.5. The number of pyridine rings is 1. The van der Waals surface area contributed by atoms with Crippen LogP contribution in [0.15, 0.2) is 47.3 Å². The van der Waals surface area contributed by atoms with Crippen LogP contribution in [0, 0.1) is 0 Å². The molecule has 0 aliphatic rings. The van der Waals surface area contributed by atoms with Crippen LogP contribution in [0.1, 0.15) is 5.69 Å². The molecule has 0 unspecified atom stereocenters. The maximum atomic E-state index is 12.5. The zero-order valence-electron chi connectivity index (χ0n) is 12.0. The van der Waals surface area contributed by atoms with Crippen LogP contribution in [0.25, 0.3) is 21.9 Å². The third-order valence-electron chi connectivity index (χ3n) is 3.83. The molecule has 5 heteroatoms. The van der Waals surface area contributed by atoms with Crippen molar-refractivity contribution in [2.24, 2.45) is 12.8 Å². The van der Waals surface area contributed by atoms with Crippen molar-refractivity contribution in [3.05, 3.63) is 63.5 Å². The van der Waals surface area contributed by atoms with Gasteiger partial charge in [0, 0.05) is 35.3 Å².